The second-order valence-electron chi connectivity index (χ2n) is 6.83. The van der Waals surface area contributed by atoms with Crippen LogP contribution < -0.4 is 9.64 Å². The number of rotatable bonds is 5. The number of piperazine rings is 1. The van der Waals surface area contributed by atoms with Gasteiger partial charge >= 0.3 is 0 Å². The van der Waals surface area contributed by atoms with Crippen LogP contribution in [-0.2, 0) is 0 Å². The van der Waals surface area contributed by atoms with Gasteiger partial charge in [0.05, 0.1) is 17.6 Å². The van der Waals surface area contributed by atoms with Crippen molar-refractivity contribution in [2.24, 2.45) is 0 Å². The molecule has 148 valence electrons. The van der Waals surface area contributed by atoms with Gasteiger partial charge in [0.2, 0.25) is 5.78 Å². The van der Waals surface area contributed by atoms with E-state index in [2.05, 4.69) is 4.90 Å². The lowest BCUT2D eigenvalue weighted by Gasteiger charge is -2.36. The molecule has 1 aliphatic rings. The van der Waals surface area contributed by atoms with E-state index >= 15 is 0 Å². The van der Waals surface area contributed by atoms with Crippen molar-refractivity contribution in [1.82, 2.24) is 4.90 Å². The molecule has 5 nitrogen and oxygen atoms in total. The van der Waals surface area contributed by atoms with Gasteiger partial charge in [-0.25, -0.2) is 0 Å². The Balaban J connectivity index is 1.47. The smallest absolute Gasteiger partial charge is 0.254 e. The predicted octanol–water partition coefficient (Wildman–Crippen LogP) is 3.95. The number of amides is 1. The van der Waals surface area contributed by atoms with Crippen molar-refractivity contribution < 1.29 is 14.3 Å². The average Bonchev–Trinajstić information content (AvgIpc) is 3.33. The van der Waals surface area contributed by atoms with Crippen molar-refractivity contribution in [2.75, 3.05) is 38.2 Å². The van der Waals surface area contributed by atoms with Crippen LogP contribution >= 0.6 is 11.3 Å². The summed E-state index contributed by atoms with van der Waals surface area (Å²) in [4.78, 5) is 30.7. The molecule has 2 heterocycles. The number of carbonyl (C=O) groups excluding carboxylic acids is 2. The molecule has 3 aromatic rings. The summed E-state index contributed by atoms with van der Waals surface area (Å²) in [5, 5.41) is 1.87. The van der Waals surface area contributed by atoms with Gasteiger partial charge in [-0.2, -0.15) is 0 Å². The van der Waals surface area contributed by atoms with Crippen LogP contribution in [0.4, 0.5) is 5.69 Å². The Hall–Kier alpha value is -3.12. The number of hydrogen-bond donors (Lipinski definition) is 0. The maximum absolute atomic E-state index is 13.2. The monoisotopic (exact) mass is 406 g/mol. The molecule has 0 atom stereocenters. The predicted molar refractivity (Wildman–Crippen MR) is 115 cm³/mol. The van der Waals surface area contributed by atoms with E-state index in [4.69, 9.17) is 4.74 Å². The van der Waals surface area contributed by atoms with Crippen molar-refractivity contribution in [2.45, 2.75) is 0 Å². The van der Waals surface area contributed by atoms with Gasteiger partial charge in [-0.15, -0.1) is 11.3 Å². The molecule has 1 saturated heterocycles. The normalized spacial score (nSPS) is 14.0. The quantitative estimate of drug-likeness (QED) is 0.602. The van der Waals surface area contributed by atoms with E-state index in [1.165, 1.54) is 11.3 Å². The number of methoxy groups -OCH3 is 1. The molecule has 2 aromatic carbocycles. The topological polar surface area (TPSA) is 49.9 Å². The molecule has 6 heteroatoms. The zero-order valence-electron chi connectivity index (χ0n) is 16.2. The molecule has 1 aromatic heterocycles. The van der Waals surface area contributed by atoms with Crippen LogP contribution in [0.25, 0.3) is 0 Å². The second kappa shape index (κ2) is 8.49. The van der Waals surface area contributed by atoms with Crippen molar-refractivity contribution in [3.05, 3.63) is 82.0 Å². The molecule has 1 aliphatic heterocycles. The third-order valence-electron chi connectivity index (χ3n) is 5.15. The highest BCUT2D eigenvalue weighted by Crippen LogP contribution is 2.23. The first-order valence-corrected chi connectivity index (χ1v) is 10.4. The summed E-state index contributed by atoms with van der Waals surface area (Å²) in [6.45, 7) is 2.73. The molecular weight excluding hydrogens is 384 g/mol. The van der Waals surface area contributed by atoms with E-state index < -0.39 is 0 Å². The Morgan fingerprint density at radius 1 is 0.862 bits per heavy atom. The third-order valence-corrected chi connectivity index (χ3v) is 6.02. The van der Waals surface area contributed by atoms with Gasteiger partial charge < -0.3 is 14.5 Å². The number of hydrogen-bond acceptors (Lipinski definition) is 5. The summed E-state index contributed by atoms with van der Waals surface area (Å²) in [7, 11) is 1.65. The minimum atomic E-state index is -0.0965. The van der Waals surface area contributed by atoms with Crippen LogP contribution in [0.1, 0.15) is 25.6 Å². The number of nitrogens with zero attached hydrogens (tertiary/aromatic N) is 2. The largest absolute Gasteiger partial charge is 0.497 e. The SMILES string of the molecule is COc1ccc(N2CCN(C(=O)c3ccccc3C(=O)c3cccs3)CC2)cc1. The number of anilines is 1. The van der Waals surface area contributed by atoms with E-state index in [-0.39, 0.29) is 11.7 Å². The van der Waals surface area contributed by atoms with Crippen LogP contribution in [0.3, 0.4) is 0 Å². The Bertz CT molecular complexity index is 991. The Labute approximate surface area is 174 Å². The van der Waals surface area contributed by atoms with Crippen LogP contribution in [0.15, 0.2) is 66.0 Å². The lowest BCUT2D eigenvalue weighted by Crippen LogP contribution is -2.49. The molecule has 0 radical (unpaired) electrons. The first-order valence-electron chi connectivity index (χ1n) is 9.53. The summed E-state index contributed by atoms with van der Waals surface area (Å²) < 4.78 is 5.21. The Kier molecular flexibility index (Phi) is 5.62. The summed E-state index contributed by atoms with van der Waals surface area (Å²) >= 11 is 1.39. The first kappa shape index (κ1) is 19.2. The molecule has 0 bridgehead atoms. The molecule has 0 aliphatic carbocycles. The maximum atomic E-state index is 13.2. The van der Waals surface area contributed by atoms with E-state index in [9.17, 15) is 9.59 Å². The second-order valence-corrected chi connectivity index (χ2v) is 7.78. The summed E-state index contributed by atoms with van der Waals surface area (Å²) in [5.74, 6) is 0.648. The van der Waals surface area contributed by atoms with Gasteiger partial charge in [-0.1, -0.05) is 24.3 Å². The number of benzene rings is 2. The van der Waals surface area contributed by atoms with Gasteiger partial charge in [0.1, 0.15) is 5.75 Å². The van der Waals surface area contributed by atoms with E-state index in [0.717, 1.165) is 24.5 Å². The average molecular weight is 407 g/mol. The van der Waals surface area contributed by atoms with Crippen molar-refractivity contribution in [3.63, 3.8) is 0 Å². The standard InChI is InChI=1S/C23H22N2O3S/c1-28-18-10-8-17(9-11-18)24-12-14-25(15-13-24)23(27)20-6-3-2-5-19(20)22(26)21-7-4-16-29-21/h2-11,16H,12-15H2,1H3. The Morgan fingerprint density at radius 3 is 2.17 bits per heavy atom. The molecule has 0 saturated carbocycles. The zero-order valence-corrected chi connectivity index (χ0v) is 17.0. The molecular formula is C23H22N2O3S. The molecule has 1 amide bonds. The number of thiophene rings is 1. The fourth-order valence-corrected chi connectivity index (χ4v) is 4.22. The number of ether oxygens (including phenoxy) is 1. The zero-order chi connectivity index (χ0) is 20.2. The summed E-state index contributed by atoms with van der Waals surface area (Å²) in [5.41, 5.74) is 2.06. The molecule has 0 spiro atoms. The maximum Gasteiger partial charge on any atom is 0.254 e. The van der Waals surface area contributed by atoms with Gasteiger partial charge in [0, 0.05) is 37.4 Å². The molecule has 0 unspecified atom stereocenters. The first-order chi connectivity index (χ1) is 14.2. The summed E-state index contributed by atoms with van der Waals surface area (Å²) in [6, 6.07) is 18.7. The molecule has 1 fully saturated rings. The van der Waals surface area contributed by atoms with Gasteiger partial charge in [-0.05, 0) is 41.8 Å². The molecule has 0 N–H and O–H groups in total. The number of carbonyl (C=O) groups is 2. The minimum absolute atomic E-state index is 0.0834. The van der Waals surface area contributed by atoms with E-state index in [1.54, 1.807) is 31.4 Å². The fourth-order valence-electron chi connectivity index (χ4n) is 3.54. The minimum Gasteiger partial charge on any atom is -0.497 e. The third kappa shape index (κ3) is 4.03. The number of ketones is 1. The summed E-state index contributed by atoms with van der Waals surface area (Å²) in [6.07, 6.45) is 0. The highest BCUT2D eigenvalue weighted by atomic mass is 32.1. The van der Waals surface area contributed by atoms with Crippen LogP contribution in [0.5, 0.6) is 5.75 Å². The van der Waals surface area contributed by atoms with Gasteiger partial charge in [-0.3, -0.25) is 9.59 Å². The molecule has 4 rings (SSSR count). The fraction of sp³-hybridized carbons (Fsp3) is 0.217. The lowest BCUT2D eigenvalue weighted by molar-refractivity contribution is 0.0742. The Morgan fingerprint density at radius 2 is 1.55 bits per heavy atom. The van der Waals surface area contributed by atoms with Crippen molar-refractivity contribution >= 4 is 28.7 Å². The van der Waals surface area contributed by atoms with Gasteiger partial charge in [0.25, 0.3) is 5.91 Å². The lowest BCUT2D eigenvalue weighted by atomic mass is 10.0. The highest BCUT2D eigenvalue weighted by molar-refractivity contribution is 7.12. The van der Waals surface area contributed by atoms with Gasteiger partial charge in [0.15, 0.2) is 0 Å². The van der Waals surface area contributed by atoms with Crippen molar-refractivity contribution in [3.8, 4) is 5.75 Å². The van der Waals surface area contributed by atoms with Crippen LogP contribution in [0.2, 0.25) is 0 Å². The van der Waals surface area contributed by atoms with Crippen molar-refractivity contribution in [1.29, 1.82) is 0 Å². The molecule has 29 heavy (non-hydrogen) atoms. The highest BCUT2D eigenvalue weighted by Gasteiger charge is 2.26. The van der Waals surface area contributed by atoms with Crippen LogP contribution in [0, 0.1) is 0 Å². The van der Waals surface area contributed by atoms with E-state index in [1.807, 2.05) is 46.7 Å². The van der Waals surface area contributed by atoms with E-state index in [0.29, 0.717) is 29.1 Å². The van der Waals surface area contributed by atoms with Crippen LogP contribution in [-0.4, -0.2) is 49.9 Å².